The van der Waals surface area contributed by atoms with Crippen molar-refractivity contribution in [1.29, 1.82) is 0 Å². The SMILES string of the molecule is CSC(C)CCNc1ccc2ccccc2c1. The van der Waals surface area contributed by atoms with E-state index in [1.54, 1.807) is 0 Å². The molecule has 2 aromatic carbocycles. The minimum Gasteiger partial charge on any atom is -0.385 e. The van der Waals surface area contributed by atoms with E-state index in [0.717, 1.165) is 11.8 Å². The van der Waals surface area contributed by atoms with Crippen LogP contribution in [0.4, 0.5) is 5.69 Å². The summed E-state index contributed by atoms with van der Waals surface area (Å²) in [6, 6.07) is 15.0. The normalized spacial score (nSPS) is 12.6. The fourth-order valence-electron chi connectivity index (χ4n) is 1.84. The van der Waals surface area contributed by atoms with Crippen molar-refractivity contribution in [3.63, 3.8) is 0 Å². The van der Waals surface area contributed by atoms with Gasteiger partial charge in [-0.1, -0.05) is 37.3 Å². The molecule has 90 valence electrons. The molecule has 0 heterocycles. The molecule has 0 fully saturated rings. The number of anilines is 1. The predicted molar refractivity (Wildman–Crippen MR) is 80.0 cm³/mol. The Balaban J connectivity index is 1.99. The van der Waals surface area contributed by atoms with Crippen molar-refractivity contribution in [2.45, 2.75) is 18.6 Å². The van der Waals surface area contributed by atoms with Crippen LogP contribution in [0.25, 0.3) is 10.8 Å². The number of hydrogen-bond acceptors (Lipinski definition) is 2. The van der Waals surface area contributed by atoms with Gasteiger partial charge in [0.05, 0.1) is 0 Å². The molecule has 0 saturated carbocycles. The Morgan fingerprint density at radius 1 is 1.12 bits per heavy atom. The third-order valence-electron chi connectivity index (χ3n) is 3.03. The molecule has 0 spiro atoms. The van der Waals surface area contributed by atoms with E-state index in [4.69, 9.17) is 0 Å². The molecular weight excluding hydrogens is 226 g/mol. The van der Waals surface area contributed by atoms with E-state index in [2.05, 4.69) is 61.0 Å². The fourth-order valence-corrected chi connectivity index (χ4v) is 2.19. The highest BCUT2D eigenvalue weighted by Crippen LogP contribution is 2.19. The maximum absolute atomic E-state index is 3.49. The molecule has 1 atom stereocenters. The molecule has 2 rings (SSSR count). The van der Waals surface area contributed by atoms with Gasteiger partial charge in [-0.05, 0) is 35.6 Å². The Morgan fingerprint density at radius 3 is 2.65 bits per heavy atom. The summed E-state index contributed by atoms with van der Waals surface area (Å²) in [5.74, 6) is 0. The van der Waals surface area contributed by atoms with Gasteiger partial charge >= 0.3 is 0 Å². The summed E-state index contributed by atoms with van der Waals surface area (Å²) in [4.78, 5) is 0. The predicted octanol–water partition coefficient (Wildman–Crippen LogP) is 4.39. The monoisotopic (exact) mass is 245 g/mol. The quantitative estimate of drug-likeness (QED) is 0.838. The summed E-state index contributed by atoms with van der Waals surface area (Å²) in [6.07, 6.45) is 3.37. The first-order chi connectivity index (χ1) is 8.29. The summed E-state index contributed by atoms with van der Waals surface area (Å²) in [6.45, 7) is 3.31. The van der Waals surface area contributed by atoms with Crippen molar-refractivity contribution in [3.8, 4) is 0 Å². The van der Waals surface area contributed by atoms with Crippen molar-refractivity contribution in [1.82, 2.24) is 0 Å². The van der Waals surface area contributed by atoms with Crippen LogP contribution in [0.3, 0.4) is 0 Å². The van der Waals surface area contributed by atoms with Gasteiger partial charge in [-0.25, -0.2) is 0 Å². The molecular formula is C15H19NS. The first-order valence-corrected chi connectivity index (χ1v) is 7.34. The Bertz CT molecular complexity index is 481. The van der Waals surface area contributed by atoms with Crippen molar-refractivity contribution < 1.29 is 0 Å². The van der Waals surface area contributed by atoms with Crippen molar-refractivity contribution in [2.75, 3.05) is 18.1 Å². The maximum atomic E-state index is 3.49. The number of nitrogens with one attached hydrogen (secondary N) is 1. The molecule has 1 N–H and O–H groups in total. The first-order valence-electron chi connectivity index (χ1n) is 6.05. The molecule has 0 radical (unpaired) electrons. The third-order valence-corrected chi connectivity index (χ3v) is 4.07. The van der Waals surface area contributed by atoms with Crippen LogP contribution in [0, 0.1) is 0 Å². The second-order valence-corrected chi connectivity index (χ2v) is 5.60. The van der Waals surface area contributed by atoms with Gasteiger partial charge in [-0.2, -0.15) is 11.8 Å². The smallest absolute Gasteiger partial charge is 0.0346 e. The highest BCUT2D eigenvalue weighted by Gasteiger charge is 1.99. The molecule has 1 nitrogen and oxygen atoms in total. The van der Waals surface area contributed by atoms with Crippen LogP contribution in [0.1, 0.15) is 13.3 Å². The molecule has 0 bridgehead atoms. The van der Waals surface area contributed by atoms with Gasteiger partial charge in [-0.15, -0.1) is 0 Å². The lowest BCUT2D eigenvalue weighted by Gasteiger charge is -2.10. The van der Waals surface area contributed by atoms with E-state index in [1.165, 1.54) is 22.9 Å². The molecule has 17 heavy (non-hydrogen) atoms. The molecule has 2 heteroatoms. The van der Waals surface area contributed by atoms with Crippen LogP contribution >= 0.6 is 11.8 Å². The molecule has 0 aliphatic heterocycles. The van der Waals surface area contributed by atoms with E-state index >= 15 is 0 Å². The summed E-state index contributed by atoms with van der Waals surface area (Å²) in [5, 5.41) is 6.82. The fraction of sp³-hybridized carbons (Fsp3) is 0.333. The van der Waals surface area contributed by atoms with Crippen LogP contribution in [0.15, 0.2) is 42.5 Å². The van der Waals surface area contributed by atoms with Gasteiger partial charge < -0.3 is 5.32 Å². The zero-order valence-electron chi connectivity index (χ0n) is 10.4. The minimum atomic E-state index is 0.725. The van der Waals surface area contributed by atoms with Gasteiger partial charge in [0.25, 0.3) is 0 Å². The molecule has 0 aromatic heterocycles. The van der Waals surface area contributed by atoms with Crippen LogP contribution in [-0.2, 0) is 0 Å². The molecule has 0 aliphatic rings. The second kappa shape index (κ2) is 5.97. The summed E-state index contributed by atoms with van der Waals surface area (Å²) in [5.41, 5.74) is 1.22. The second-order valence-electron chi connectivity index (χ2n) is 4.32. The highest BCUT2D eigenvalue weighted by molar-refractivity contribution is 7.99. The minimum absolute atomic E-state index is 0.725. The maximum Gasteiger partial charge on any atom is 0.0346 e. The average molecular weight is 245 g/mol. The van der Waals surface area contributed by atoms with Gasteiger partial charge in [0.2, 0.25) is 0 Å². The molecule has 0 aliphatic carbocycles. The van der Waals surface area contributed by atoms with Gasteiger partial charge in [-0.3, -0.25) is 0 Å². The average Bonchev–Trinajstić information content (AvgIpc) is 2.38. The summed E-state index contributed by atoms with van der Waals surface area (Å²) >= 11 is 1.92. The zero-order chi connectivity index (χ0) is 12.1. The highest BCUT2D eigenvalue weighted by atomic mass is 32.2. The van der Waals surface area contributed by atoms with Crippen LogP contribution in [0.2, 0.25) is 0 Å². The van der Waals surface area contributed by atoms with Crippen molar-refractivity contribution in [3.05, 3.63) is 42.5 Å². The van der Waals surface area contributed by atoms with E-state index in [1.807, 2.05) is 11.8 Å². The van der Waals surface area contributed by atoms with E-state index in [-0.39, 0.29) is 0 Å². The lowest BCUT2D eigenvalue weighted by molar-refractivity contribution is 0.854. The molecule has 0 amide bonds. The standard InChI is InChI=1S/C15H19NS/c1-12(17-2)9-10-16-15-8-7-13-5-3-4-6-14(13)11-15/h3-8,11-12,16H,9-10H2,1-2H3. The van der Waals surface area contributed by atoms with Crippen LogP contribution in [0.5, 0.6) is 0 Å². The zero-order valence-corrected chi connectivity index (χ0v) is 11.3. The van der Waals surface area contributed by atoms with Crippen molar-refractivity contribution in [2.24, 2.45) is 0 Å². The number of thioether (sulfide) groups is 1. The van der Waals surface area contributed by atoms with E-state index < -0.39 is 0 Å². The first kappa shape index (κ1) is 12.3. The lowest BCUT2D eigenvalue weighted by Crippen LogP contribution is -2.07. The summed E-state index contributed by atoms with van der Waals surface area (Å²) < 4.78 is 0. The Labute approximate surface area is 108 Å². The number of rotatable bonds is 5. The molecule has 2 aromatic rings. The summed E-state index contributed by atoms with van der Waals surface area (Å²) in [7, 11) is 0. The van der Waals surface area contributed by atoms with Gasteiger partial charge in [0, 0.05) is 17.5 Å². The topological polar surface area (TPSA) is 12.0 Å². The number of hydrogen-bond donors (Lipinski definition) is 1. The van der Waals surface area contributed by atoms with Gasteiger partial charge in [0.1, 0.15) is 0 Å². The van der Waals surface area contributed by atoms with Gasteiger partial charge in [0.15, 0.2) is 0 Å². The van der Waals surface area contributed by atoms with Crippen LogP contribution in [-0.4, -0.2) is 18.1 Å². The van der Waals surface area contributed by atoms with Crippen molar-refractivity contribution >= 4 is 28.2 Å². The molecule has 1 unspecified atom stereocenters. The van der Waals surface area contributed by atoms with Crippen LogP contribution < -0.4 is 5.32 Å². The number of fused-ring (bicyclic) bond motifs is 1. The Hall–Kier alpha value is -1.15. The number of benzene rings is 2. The Morgan fingerprint density at radius 2 is 1.88 bits per heavy atom. The third kappa shape index (κ3) is 3.40. The molecule has 0 saturated heterocycles. The largest absolute Gasteiger partial charge is 0.385 e. The lowest BCUT2D eigenvalue weighted by atomic mass is 10.1. The Kier molecular flexibility index (Phi) is 4.32. The van der Waals surface area contributed by atoms with E-state index in [9.17, 15) is 0 Å². The van der Waals surface area contributed by atoms with E-state index in [0.29, 0.717) is 0 Å².